The molecule has 118 valence electrons. The molecule has 1 aliphatic heterocycles. The molecule has 2 aromatic carbocycles. The van der Waals surface area contributed by atoms with Gasteiger partial charge in [0.15, 0.2) is 11.5 Å². The van der Waals surface area contributed by atoms with Crippen molar-refractivity contribution in [3.63, 3.8) is 0 Å². The van der Waals surface area contributed by atoms with E-state index in [9.17, 15) is 9.59 Å². The van der Waals surface area contributed by atoms with Crippen molar-refractivity contribution >= 4 is 23.2 Å². The summed E-state index contributed by atoms with van der Waals surface area (Å²) in [5.41, 5.74) is 2.21. The quantitative estimate of drug-likeness (QED) is 0.854. The molecule has 0 aromatic heterocycles. The lowest BCUT2D eigenvalue weighted by Crippen LogP contribution is -2.29. The molecule has 0 saturated heterocycles. The molecule has 0 atom stereocenters. The van der Waals surface area contributed by atoms with Gasteiger partial charge in [0.1, 0.15) is 0 Å². The van der Waals surface area contributed by atoms with Crippen LogP contribution in [0, 0.1) is 0 Å². The summed E-state index contributed by atoms with van der Waals surface area (Å²) in [6.07, 6.45) is 0.916. The van der Waals surface area contributed by atoms with Crippen LogP contribution in [0.4, 0.5) is 11.4 Å². The van der Waals surface area contributed by atoms with Crippen LogP contribution in [0.3, 0.4) is 0 Å². The van der Waals surface area contributed by atoms with E-state index in [1.807, 2.05) is 19.1 Å². The highest BCUT2D eigenvalue weighted by molar-refractivity contribution is 6.43. The first-order valence-corrected chi connectivity index (χ1v) is 7.26. The molecule has 0 saturated carbocycles. The number of rotatable bonds is 3. The summed E-state index contributed by atoms with van der Waals surface area (Å²) in [6.45, 7) is 2.20. The molecule has 6 heteroatoms. The van der Waals surface area contributed by atoms with Crippen LogP contribution in [-0.2, 0) is 16.0 Å². The molecule has 0 spiro atoms. The minimum absolute atomic E-state index is 0.154. The number of hydrogen-bond donors (Lipinski definition) is 2. The van der Waals surface area contributed by atoms with E-state index < -0.39 is 11.8 Å². The van der Waals surface area contributed by atoms with Crippen LogP contribution in [0.1, 0.15) is 12.5 Å². The summed E-state index contributed by atoms with van der Waals surface area (Å²) >= 11 is 0. The van der Waals surface area contributed by atoms with Gasteiger partial charge in [-0.2, -0.15) is 0 Å². The first-order valence-electron chi connectivity index (χ1n) is 7.26. The summed E-state index contributed by atoms with van der Waals surface area (Å²) < 4.78 is 10.4. The molecule has 6 nitrogen and oxygen atoms in total. The molecule has 0 radical (unpaired) electrons. The van der Waals surface area contributed by atoms with E-state index in [4.69, 9.17) is 9.47 Å². The number of nitrogens with one attached hydrogen (secondary N) is 2. The summed E-state index contributed by atoms with van der Waals surface area (Å²) in [7, 11) is 0. The average molecular weight is 312 g/mol. The number of amides is 2. The monoisotopic (exact) mass is 312 g/mol. The van der Waals surface area contributed by atoms with E-state index >= 15 is 0 Å². The van der Waals surface area contributed by atoms with Gasteiger partial charge < -0.3 is 20.1 Å². The van der Waals surface area contributed by atoms with Crippen LogP contribution < -0.4 is 20.1 Å². The molecular formula is C17H16N2O4. The van der Waals surface area contributed by atoms with Gasteiger partial charge in [-0.15, -0.1) is 0 Å². The van der Waals surface area contributed by atoms with Crippen molar-refractivity contribution in [3.8, 4) is 11.5 Å². The molecule has 2 amide bonds. The minimum Gasteiger partial charge on any atom is -0.454 e. The van der Waals surface area contributed by atoms with Crippen molar-refractivity contribution in [2.24, 2.45) is 0 Å². The van der Waals surface area contributed by atoms with Crippen LogP contribution in [0.5, 0.6) is 11.5 Å². The Kier molecular flexibility index (Phi) is 4.14. The number of ether oxygens (including phenoxy) is 2. The molecular weight excluding hydrogens is 296 g/mol. The molecule has 23 heavy (non-hydrogen) atoms. The van der Waals surface area contributed by atoms with Crippen molar-refractivity contribution < 1.29 is 19.1 Å². The van der Waals surface area contributed by atoms with Gasteiger partial charge in [0.2, 0.25) is 6.79 Å². The Morgan fingerprint density at radius 3 is 2.22 bits per heavy atom. The molecule has 0 unspecified atom stereocenters. The topological polar surface area (TPSA) is 76.7 Å². The molecule has 1 heterocycles. The molecule has 2 aromatic rings. The lowest BCUT2D eigenvalue weighted by molar-refractivity contribution is -0.132. The standard InChI is InChI=1S/C17H16N2O4/c1-2-11-3-5-12(6-4-11)18-16(20)17(21)19-13-7-8-14-15(9-13)23-10-22-14/h3-9H,2,10H2,1H3,(H,18,20)(H,19,21). The van der Waals surface area contributed by atoms with Crippen molar-refractivity contribution in [3.05, 3.63) is 48.0 Å². The number of aryl methyl sites for hydroxylation is 1. The first-order chi connectivity index (χ1) is 11.2. The van der Waals surface area contributed by atoms with Crippen LogP contribution in [-0.4, -0.2) is 18.6 Å². The van der Waals surface area contributed by atoms with Gasteiger partial charge in [0, 0.05) is 17.4 Å². The second-order valence-corrected chi connectivity index (χ2v) is 5.03. The third-order valence-electron chi connectivity index (χ3n) is 3.46. The van der Waals surface area contributed by atoms with Gasteiger partial charge in [-0.1, -0.05) is 19.1 Å². The maximum Gasteiger partial charge on any atom is 0.314 e. The lowest BCUT2D eigenvalue weighted by Gasteiger charge is -2.07. The van der Waals surface area contributed by atoms with Gasteiger partial charge in [0.05, 0.1) is 0 Å². The van der Waals surface area contributed by atoms with Crippen LogP contribution in [0.15, 0.2) is 42.5 Å². The fraction of sp³-hybridized carbons (Fsp3) is 0.176. The Labute approximate surface area is 133 Å². The Morgan fingerprint density at radius 2 is 1.52 bits per heavy atom. The normalized spacial score (nSPS) is 11.9. The van der Waals surface area contributed by atoms with Crippen molar-refractivity contribution in [2.45, 2.75) is 13.3 Å². The number of fused-ring (bicyclic) bond motifs is 1. The molecule has 3 rings (SSSR count). The van der Waals surface area contributed by atoms with Crippen LogP contribution in [0.2, 0.25) is 0 Å². The third kappa shape index (κ3) is 3.42. The second-order valence-electron chi connectivity index (χ2n) is 5.03. The largest absolute Gasteiger partial charge is 0.454 e. The minimum atomic E-state index is -0.747. The Morgan fingerprint density at radius 1 is 0.913 bits per heavy atom. The van der Waals surface area contributed by atoms with Gasteiger partial charge in [-0.3, -0.25) is 9.59 Å². The maximum absolute atomic E-state index is 11.9. The molecule has 0 fully saturated rings. The summed E-state index contributed by atoms with van der Waals surface area (Å²) in [4.78, 5) is 23.9. The Hall–Kier alpha value is -3.02. The zero-order chi connectivity index (χ0) is 16.2. The van der Waals surface area contributed by atoms with E-state index in [0.29, 0.717) is 22.9 Å². The number of benzene rings is 2. The van der Waals surface area contributed by atoms with Crippen molar-refractivity contribution in [2.75, 3.05) is 17.4 Å². The molecule has 0 bridgehead atoms. The first kappa shape index (κ1) is 14.9. The number of carbonyl (C=O) groups is 2. The Bertz CT molecular complexity index is 741. The van der Waals surface area contributed by atoms with Crippen molar-refractivity contribution in [1.82, 2.24) is 0 Å². The van der Waals surface area contributed by atoms with Gasteiger partial charge in [-0.25, -0.2) is 0 Å². The predicted octanol–water partition coefficient (Wildman–Crippen LogP) is 2.55. The van der Waals surface area contributed by atoms with Gasteiger partial charge >= 0.3 is 11.8 Å². The lowest BCUT2D eigenvalue weighted by atomic mass is 10.1. The highest BCUT2D eigenvalue weighted by Crippen LogP contribution is 2.34. The van der Waals surface area contributed by atoms with Gasteiger partial charge in [-0.05, 0) is 36.2 Å². The molecule has 1 aliphatic rings. The summed E-state index contributed by atoms with van der Waals surface area (Å²) in [5.74, 6) is -0.322. The zero-order valence-corrected chi connectivity index (χ0v) is 12.6. The summed E-state index contributed by atoms with van der Waals surface area (Å²) in [5, 5.41) is 5.09. The second kappa shape index (κ2) is 6.39. The molecule has 2 N–H and O–H groups in total. The smallest absolute Gasteiger partial charge is 0.314 e. The number of anilines is 2. The van der Waals surface area contributed by atoms with E-state index in [1.165, 1.54) is 0 Å². The van der Waals surface area contributed by atoms with Gasteiger partial charge in [0.25, 0.3) is 0 Å². The highest BCUT2D eigenvalue weighted by atomic mass is 16.7. The highest BCUT2D eigenvalue weighted by Gasteiger charge is 2.17. The zero-order valence-electron chi connectivity index (χ0n) is 12.6. The number of hydrogen-bond acceptors (Lipinski definition) is 4. The van der Waals surface area contributed by atoms with Crippen LogP contribution in [0.25, 0.3) is 0 Å². The van der Waals surface area contributed by atoms with E-state index in [0.717, 1.165) is 12.0 Å². The van der Waals surface area contributed by atoms with E-state index in [2.05, 4.69) is 10.6 Å². The fourth-order valence-corrected chi connectivity index (χ4v) is 2.17. The van der Waals surface area contributed by atoms with E-state index in [-0.39, 0.29) is 6.79 Å². The maximum atomic E-state index is 11.9. The average Bonchev–Trinajstić information content (AvgIpc) is 3.03. The predicted molar refractivity (Wildman–Crippen MR) is 85.6 cm³/mol. The Balaban J connectivity index is 1.62. The van der Waals surface area contributed by atoms with E-state index in [1.54, 1.807) is 30.3 Å². The third-order valence-corrected chi connectivity index (χ3v) is 3.46. The van der Waals surface area contributed by atoms with Crippen molar-refractivity contribution in [1.29, 1.82) is 0 Å². The van der Waals surface area contributed by atoms with Crippen LogP contribution >= 0.6 is 0 Å². The number of carbonyl (C=O) groups excluding carboxylic acids is 2. The fourth-order valence-electron chi connectivity index (χ4n) is 2.17. The summed E-state index contributed by atoms with van der Waals surface area (Å²) in [6, 6.07) is 12.3. The molecule has 0 aliphatic carbocycles. The SMILES string of the molecule is CCc1ccc(NC(=O)C(=O)Nc2ccc3c(c2)OCO3)cc1.